The highest BCUT2D eigenvalue weighted by Gasteiger charge is 2.28. The molecule has 0 saturated carbocycles. The summed E-state index contributed by atoms with van der Waals surface area (Å²) in [7, 11) is 0. The molecule has 0 aromatic heterocycles. The van der Waals surface area contributed by atoms with E-state index in [2.05, 4.69) is 141 Å². The molecule has 0 saturated heterocycles. The van der Waals surface area contributed by atoms with Crippen molar-refractivity contribution >= 4 is 127 Å². The molecule has 156 valence electrons. The largest absolute Gasteiger partial charge is 0.412 e. The third-order valence-corrected chi connectivity index (χ3v) is 12.6. The van der Waals surface area contributed by atoms with E-state index in [1.807, 2.05) is 0 Å². The normalized spacial score (nSPS) is 14.2. The molecule has 0 bridgehead atoms. The fourth-order valence-electron chi connectivity index (χ4n) is 1.83. The number of halogens is 8. The minimum atomic E-state index is -0.140. The van der Waals surface area contributed by atoms with Gasteiger partial charge < -0.3 is 5.48 Å². The summed E-state index contributed by atoms with van der Waals surface area (Å²) < 4.78 is -0.279. The van der Waals surface area contributed by atoms with Crippen molar-refractivity contribution in [3.63, 3.8) is 0 Å². The van der Waals surface area contributed by atoms with Gasteiger partial charge in [0, 0.05) is 9.65 Å². The van der Waals surface area contributed by atoms with Crippen LogP contribution in [0.25, 0.3) is 0 Å². The van der Waals surface area contributed by atoms with Crippen LogP contribution in [0.4, 0.5) is 0 Å². The maximum absolute atomic E-state index is 3.61. The number of hydrogen-bond acceptors (Lipinski definition) is 0. The fraction of sp³-hybridized carbons (Fsp3) is 1.00. The Morgan fingerprint density at radius 3 is 1.04 bits per heavy atom. The lowest BCUT2D eigenvalue weighted by Crippen LogP contribution is -2.16. The Morgan fingerprint density at radius 2 is 0.840 bits per heavy atom. The first-order valence-electron chi connectivity index (χ1n) is 8.38. The van der Waals surface area contributed by atoms with Gasteiger partial charge in [-0.15, -0.1) is 0 Å². The van der Waals surface area contributed by atoms with Crippen LogP contribution < -0.4 is 0 Å². The second-order valence-corrected chi connectivity index (χ2v) is 21.8. The Bertz CT molecular complexity index is 250. The van der Waals surface area contributed by atoms with Gasteiger partial charge in [-0.3, -0.25) is 0 Å². The van der Waals surface area contributed by atoms with E-state index in [-0.39, 0.29) is 9.76 Å². The molecule has 25 heavy (non-hydrogen) atoms. The van der Waals surface area contributed by atoms with Crippen LogP contribution in [0, 0.1) is 0 Å². The predicted octanol–water partition coefficient (Wildman–Crippen LogP) is 10.3. The molecule has 0 aliphatic carbocycles. The Labute approximate surface area is 222 Å². The maximum atomic E-state index is 3.61. The van der Waals surface area contributed by atoms with E-state index >= 15 is 0 Å². The van der Waals surface area contributed by atoms with Gasteiger partial charge >= 0.3 is 0 Å². The third kappa shape index (κ3) is 23.9. The highest BCUT2D eigenvalue weighted by atomic mass is 80.0. The summed E-state index contributed by atoms with van der Waals surface area (Å²) in [6, 6.07) is 0. The van der Waals surface area contributed by atoms with E-state index < -0.39 is 0 Å². The van der Waals surface area contributed by atoms with E-state index in [4.69, 9.17) is 0 Å². The highest BCUT2D eigenvalue weighted by Crippen LogP contribution is 2.43. The Kier molecular flexibility index (Phi) is 26.4. The van der Waals surface area contributed by atoms with E-state index in [1.165, 1.54) is 64.2 Å². The van der Waals surface area contributed by atoms with Gasteiger partial charge in [-0.05, 0) is 12.8 Å². The molecular weight excluding hydrogens is 847 g/mol. The van der Waals surface area contributed by atoms with Crippen molar-refractivity contribution in [2.24, 2.45) is 0 Å². The quantitative estimate of drug-likeness (QED) is 0.155. The van der Waals surface area contributed by atoms with Crippen molar-refractivity contribution in [3.8, 4) is 0 Å². The lowest BCUT2D eigenvalue weighted by molar-refractivity contribution is 0.630. The van der Waals surface area contributed by atoms with Crippen LogP contribution in [0.5, 0.6) is 0 Å². The summed E-state index contributed by atoms with van der Waals surface area (Å²) in [5.74, 6) is 0. The molecule has 0 spiro atoms. The Morgan fingerprint density at radius 1 is 0.560 bits per heavy atom. The number of rotatable bonds is 10. The second kappa shape index (κ2) is 19.7. The molecule has 0 aromatic rings. The summed E-state index contributed by atoms with van der Waals surface area (Å²) in [6.45, 7) is 4.46. The number of unbranched alkanes of at least 4 members (excludes halogenated alkanes) is 6. The summed E-state index contributed by atoms with van der Waals surface area (Å²) in [6.07, 6.45) is 12.9. The first-order chi connectivity index (χ1) is 11.0. The average Bonchev–Trinajstić information content (AvgIpc) is 2.46. The summed E-state index contributed by atoms with van der Waals surface area (Å²) >= 11 is 28.2. The summed E-state index contributed by atoms with van der Waals surface area (Å²) in [4.78, 5) is 0.865. The topological polar surface area (TPSA) is 31.5 Å². The molecule has 0 aromatic carbocycles. The highest BCUT2D eigenvalue weighted by molar-refractivity contribution is 9.40. The van der Waals surface area contributed by atoms with Crippen molar-refractivity contribution in [1.82, 2.24) is 0 Å². The molecule has 0 radical (unpaired) electrons. The zero-order chi connectivity index (χ0) is 19.2. The van der Waals surface area contributed by atoms with Crippen LogP contribution in [0.1, 0.15) is 78.1 Å². The van der Waals surface area contributed by atoms with E-state index in [1.54, 1.807) is 0 Å². The molecule has 0 aliphatic heterocycles. The Balaban J connectivity index is -0.000000372. The monoisotopic (exact) mass is 870 g/mol. The van der Waals surface area contributed by atoms with Gasteiger partial charge in [0.1, 0.15) is 4.29 Å². The van der Waals surface area contributed by atoms with E-state index in [9.17, 15) is 0 Å². The minimum absolute atomic E-state index is 0. The van der Waals surface area contributed by atoms with Gasteiger partial charge in [0.25, 0.3) is 0 Å². The first kappa shape index (κ1) is 33.4. The van der Waals surface area contributed by atoms with Gasteiger partial charge in [0.15, 0.2) is 0 Å². The first-order valence-corrected chi connectivity index (χ1v) is 15.0. The lowest BCUT2D eigenvalue weighted by atomic mass is 10.1. The van der Waals surface area contributed by atoms with E-state index in [0.29, 0.717) is 9.65 Å². The van der Waals surface area contributed by atoms with Crippen LogP contribution in [0.3, 0.4) is 0 Å². The molecule has 2 N–H and O–H groups in total. The van der Waals surface area contributed by atoms with Crippen LogP contribution in [-0.2, 0) is 0 Å². The number of hydrogen-bond donors (Lipinski definition) is 0. The number of alkyl halides is 8. The SMILES string of the molecule is CCCCCCC(Br)C(Br)(Br)Br.CCCCCCC(Br)C(Br)(Br)Br.O. The summed E-state index contributed by atoms with van der Waals surface area (Å²) in [5, 5.41) is 0. The van der Waals surface area contributed by atoms with Crippen molar-refractivity contribution in [2.75, 3.05) is 0 Å². The molecule has 1 nitrogen and oxygen atoms in total. The molecule has 0 fully saturated rings. The predicted molar refractivity (Wildman–Crippen MR) is 146 cm³/mol. The van der Waals surface area contributed by atoms with Crippen molar-refractivity contribution in [2.45, 2.75) is 92.0 Å². The van der Waals surface area contributed by atoms with Gasteiger partial charge in [0.2, 0.25) is 0 Å². The maximum Gasteiger partial charge on any atom is 0.147 e. The summed E-state index contributed by atoms with van der Waals surface area (Å²) in [5.41, 5.74) is 0. The molecule has 0 rings (SSSR count). The van der Waals surface area contributed by atoms with E-state index in [0.717, 1.165) is 0 Å². The average molecular weight is 878 g/mol. The fourth-order valence-corrected chi connectivity index (χ4v) is 3.85. The van der Waals surface area contributed by atoms with Crippen molar-refractivity contribution in [3.05, 3.63) is 0 Å². The van der Waals surface area contributed by atoms with Crippen molar-refractivity contribution < 1.29 is 5.48 Å². The molecule has 0 heterocycles. The molecule has 0 amide bonds. The molecular formula is C16H30Br8O. The zero-order valence-corrected chi connectivity index (χ0v) is 27.4. The van der Waals surface area contributed by atoms with Crippen LogP contribution in [0.15, 0.2) is 0 Å². The lowest BCUT2D eigenvalue weighted by Gasteiger charge is -2.19. The standard InChI is InChI=1S/2C8H14Br4.H2O/c2*1-2-3-4-5-6-7(9)8(10,11)12;/h2*7H,2-6H2,1H3;1H2. The smallest absolute Gasteiger partial charge is 0.147 e. The van der Waals surface area contributed by atoms with Gasteiger partial charge in [0.05, 0.1) is 0 Å². The van der Waals surface area contributed by atoms with Crippen LogP contribution >= 0.6 is 127 Å². The molecule has 9 heteroatoms. The van der Waals surface area contributed by atoms with Gasteiger partial charge in [-0.1, -0.05) is 193 Å². The molecule has 2 atom stereocenters. The van der Waals surface area contributed by atoms with Gasteiger partial charge in [-0.2, -0.15) is 0 Å². The van der Waals surface area contributed by atoms with Crippen LogP contribution in [-0.4, -0.2) is 19.4 Å². The Hall–Kier alpha value is 3.80. The zero-order valence-electron chi connectivity index (χ0n) is 14.7. The second-order valence-electron chi connectivity index (χ2n) is 5.72. The van der Waals surface area contributed by atoms with Gasteiger partial charge in [-0.25, -0.2) is 0 Å². The van der Waals surface area contributed by atoms with Crippen molar-refractivity contribution in [1.29, 1.82) is 0 Å². The molecule has 0 aliphatic rings. The molecule has 2 unspecified atom stereocenters. The minimum Gasteiger partial charge on any atom is -0.412 e. The van der Waals surface area contributed by atoms with Crippen LogP contribution in [0.2, 0.25) is 0 Å². The third-order valence-electron chi connectivity index (χ3n) is 3.33.